The van der Waals surface area contributed by atoms with Gasteiger partial charge in [0, 0.05) is 6.04 Å². The second kappa shape index (κ2) is 6.47. The Morgan fingerprint density at radius 3 is 2.48 bits per heavy atom. The molecule has 1 saturated carbocycles. The summed E-state index contributed by atoms with van der Waals surface area (Å²) >= 11 is 0. The molecule has 6 heteroatoms. The van der Waals surface area contributed by atoms with Gasteiger partial charge in [0.05, 0.1) is 18.6 Å². The van der Waals surface area contributed by atoms with Crippen molar-refractivity contribution in [2.24, 2.45) is 5.92 Å². The number of rotatable bonds is 4. The van der Waals surface area contributed by atoms with E-state index >= 15 is 0 Å². The number of phenolic OH excluding ortho intramolecular Hbond substituents is 1. The van der Waals surface area contributed by atoms with Crippen LogP contribution in [0.3, 0.4) is 0 Å². The van der Waals surface area contributed by atoms with E-state index in [9.17, 15) is 14.7 Å². The molecule has 0 bridgehead atoms. The highest BCUT2D eigenvalue weighted by Crippen LogP contribution is 2.30. The topological polar surface area (TPSA) is 95.9 Å². The number of methoxy groups -OCH3 is 1. The molecule has 0 heterocycles. The van der Waals surface area contributed by atoms with Gasteiger partial charge in [0.1, 0.15) is 0 Å². The van der Waals surface area contributed by atoms with Crippen molar-refractivity contribution in [1.82, 2.24) is 5.32 Å². The predicted octanol–water partition coefficient (Wildman–Crippen LogP) is 1.77. The van der Waals surface area contributed by atoms with Crippen molar-refractivity contribution in [3.8, 4) is 11.5 Å². The molecule has 0 atom stereocenters. The van der Waals surface area contributed by atoms with Gasteiger partial charge in [-0.1, -0.05) is 6.07 Å². The normalized spacial score (nSPS) is 21.6. The maximum absolute atomic E-state index is 12.2. The van der Waals surface area contributed by atoms with Gasteiger partial charge < -0.3 is 20.3 Å². The molecule has 0 radical (unpaired) electrons. The van der Waals surface area contributed by atoms with Crippen molar-refractivity contribution in [1.29, 1.82) is 0 Å². The number of hydrogen-bond acceptors (Lipinski definition) is 4. The van der Waals surface area contributed by atoms with E-state index in [1.54, 1.807) is 12.1 Å². The van der Waals surface area contributed by atoms with Crippen LogP contribution in [0.2, 0.25) is 0 Å². The van der Waals surface area contributed by atoms with Crippen LogP contribution in [-0.4, -0.2) is 35.2 Å². The lowest BCUT2D eigenvalue weighted by Crippen LogP contribution is -2.38. The maximum atomic E-state index is 12.2. The van der Waals surface area contributed by atoms with Crippen molar-refractivity contribution < 1.29 is 24.5 Å². The lowest BCUT2D eigenvalue weighted by Gasteiger charge is -2.27. The maximum Gasteiger partial charge on any atom is 0.306 e. The average Bonchev–Trinajstić information content (AvgIpc) is 2.48. The van der Waals surface area contributed by atoms with Gasteiger partial charge >= 0.3 is 5.97 Å². The molecular weight excluding hydrogens is 274 g/mol. The third-order valence-electron chi connectivity index (χ3n) is 3.88. The molecular formula is C15H19NO5. The molecule has 1 aliphatic carbocycles. The van der Waals surface area contributed by atoms with Gasteiger partial charge in [0.2, 0.25) is 0 Å². The largest absolute Gasteiger partial charge is 0.504 e. The number of carboxylic acid groups (broad SMARTS) is 1. The first kappa shape index (κ1) is 15.2. The van der Waals surface area contributed by atoms with Crippen LogP contribution in [0, 0.1) is 5.92 Å². The van der Waals surface area contributed by atoms with Gasteiger partial charge in [-0.15, -0.1) is 0 Å². The number of benzene rings is 1. The van der Waals surface area contributed by atoms with Crippen LogP contribution in [0.1, 0.15) is 36.0 Å². The molecule has 0 saturated heterocycles. The van der Waals surface area contributed by atoms with Crippen LogP contribution < -0.4 is 10.1 Å². The van der Waals surface area contributed by atoms with E-state index in [1.165, 1.54) is 13.2 Å². The summed E-state index contributed by atoms with van der Waals surface area (Å²) in [5.74, 6) is -1.40. The first-order valence-corrected chi connectivity index (χ1v) is 6.92. The van der Waals surface area contributed by atoms with Gasteiger partial charge in [-0.25, -0.2) is 0 Å². The number of carbonyl (C=O) groups is 2. The van der Waals surface area contributed by atoms with E-state index in [2.05, 4.69) is 5.32 Å². The molecule has 1 amide bonds. The Bertz CT molecular complexity index is 535. The summed E-state index contributed by atoms with van der Waals surface area (Å²) in [6.07, 6.45) is 2.38. The van der Waals surface area contributed by atoms with Crippen LogP contribution >= 0.6 is 0 Å². The summed E-state index contributed by atoms with van der Waals surface area (Å²) in [4.78, 5) is 23.1. The molecule has 1 aromatic carbocycles. The van der Waals surface area contributed by atoms with Crippen molar-refractivity contribution in [3.63, 3.8) is 0 Å². The average molecular weight is 293 g/mol. The van der Waals surface area contributed by atoms with Crippen molar-refractivity contribution >= 4 is 11.9 Å². The fourth-order valence-electron chi connectivity index (χ4n) is 2.62. The zero-order chi connectivity index (χ0) is 15.4. The third kappa shape index (κ3) is 3.45. The molecule has 0 spiro atoms. The summed E-state index contributed by atoms with van der Waals surface area (Å²) in [6, 6.07) is 4.67. The molecule has 0 unspecified atom stereocenters. The van der Waals surface area contributed by atoms with Crippen LogP contribution in [0.5, 0.6) is 11.5 Å². The van der Waals surface area contributed by atoms with E-state index in [0.29, 0.717) is 25.7 Å². The number of ether oxygens (including phenoxy) is 1. The van der Waals surface area contributed by atoms with Crippen molar-refractivity contribution in [2.75, 3.05) is 7.11 Å². The van der Waals surface area contributed by atoms with Gasteiger partial charge in [0.15, 0.2) is 11.5 Å². The molecule has 1 fully saturated rings. The molecule has 3 N–H and O–H groups in total. The van der Waals surface area contributed by atoms with Gasteiger partial charge in [-0.05, 0) is 37.8 Å². The Hall–Kier alpha value is -2.24. The summed E-state index contributed by atoms with van der Waals surface area (Å²) in [7, 11) is 1.42. The SMILES string of the molecule is COc1cccc(C(=O)NC2CCC(C(=O)O)CC2)c1O. The number of phenols is 1. The van der Waals surface area contributed by atoms with Crippen molar-refractivity contribution in [3.05, 3.63) is 23.8 Å². The second-order valence-corrected chi connectivity index (χ2v) is 5.22. The number of para-hydroxylation sites is 1. The van der Waals surface area contributed by atoms with E-state index in [4.69, 9.17) is 9.84 Å². The smallest absolute Gasteiger partial charge is 0.306 e. The highest BCUT2D eigenvalue weighted by atomic mass is 16.5. The standard InChI is InChI=1S/C15H19NO5/c1-21-12-4-2-3-11(13(12)17)14(18)16-10-7-5-9(6-8-10)15(19)20/h2-4,9-10,17H,5-8H2,1H3,(H,16,18)(H,19,20). The number of aliphatic carboxylic acids is 1. The predicted molar refractivity (Wildman–Crippen MR) is 75.5 cm³/mol. The first-order chi connectivity index (χ1) is 10.0. The third-order valence-corrected chi connectivity index (χ3v) is 3.88. The van der Waals surface area contributed by atoms with Gasteiger partial charge in [0.25, 0.3) is 5.91 Å². The van der Waals surface area contributed by atoms with E-state index in [1.807, 2.05) is 0 Å². The number of aromatic hydroxyl groups is 1. The molecule has 1 aromatic rings. The van der Waals surface area contributed by atoms with E-state index in [-0.39, 0.29) is 34.9 Å². The Morgan fingerprint density at radius 2 is 1.90 bits per heavy atom. The molecule has 0 aliphatic heterocycles. The lowest BCUT2D eigenvalue weighted by atomic mass is 9.86. The zero-order valence-corrected chi connectivity index (χ0v) is 11.8. The summed E-state index contributed by atoms with van der Waals surface area (Å²) < 4.78 is 4.97. The Labute approximate surface area is 122 Å². The quantitative estimate of drug-likeness (QED) is 0.786. The monoisotopic (exact) mass is 293 g/mol. The van der Waals surface area contributed by atoms with E-state index in [0.717, 1.165) is 0 Å². The Morgan fingerprint density at radius 1 is 1.24 bits per heavy atom. The number of carboxylic acids is 1. The van der Waals surface area contributed by atoms with Gasteiger partial charge in [-0.2, -0.15) is 0 Å². The Kier molecular flexibility index (Phi) is 4.67. The van der Waals surface area contributed by atoms with Crippen LogP contribution in [-0.2, 0) is 4.79 Å². The highest BCUT2D eigenvalue weighted by Gasteiger charge is 2.27. The molecule has 6 nitrogen and oxygen atoms in total. The highest BCUT2D eigenvalue weighted by molar-refractivity contribution is 5.97. The molecule has 21 heavy (non-hydrogen) atoms. The van der Waals surface area contributed by atoms with Crippen LogP contribution in [0.4, 0.5) is 0 Å². The summed E-state index contributed by atoms with van der Waals surface area (Å²) in [6.45, 7) is 0. The Balaban J connectivity index is 1.98. The first-order valence-electron chi connectivity index (χ1n) is 6.92. The number of amides is 1. The minimum atomic E-state index is -0.773. The van der Waals surface area contributed by atoms with Gasteiger partial charge in [-0.3, -0.25) is 9.59 Å². The number of carbonyl (C=O) groups excluding carboxylic acids is 1. The fourth-order valence-corrected chi connectivity index (χ4v) is 2.62. The zero-order valence-electron chi connectivity index (χ0n) is 11.8. The number of nitrogens with one attached hydrogen (secondary N) is 1. The number of hydrogen-bond donors (Lipinski definition) is 3. The molecule has 0 aromatic heterocycles. The van der Waals surface area contributed by atoms with Crippen molar-refractivity contribution in [2.45, 2.75) is 31.7 Å². The summed E-state index contributed by atoms with van der Waals surface area (Å²) in [5.41, 5.74) is 0.162. The van der Waals surface area contributed by atoms with Crippen LogP contribution in [0.25, 0.3) is 0 Å². The van der Waals surface area contributed by atoms with Crippen LogP contribution in [0.15, 0.2) is 18.2 Å². The lowest BCUT2D eigenvalue weighted by molar-refractivity contribution is -0.142. The molecule has 2 rings (SSSR count). The van der Waals surface area contributed by atoms with E-state index < -0.39 is 5.97 Å². The fraction of sp³-hybridized carbons (Fsp3) is 0.467. The minimum Gasteiger partial charge on any atom is -0.504 e. The summed E-state index contributed by atoms with van der Waals surface area (Å²) in [5, 5.41) is 21.7. The second-order valence-electron chi connectivity index (χ2n) is 5.22. The minimum absolute atomic E-state index is 0.0568. The molecule has 1 aliphatic rings. The molecule has 114 valence electrons.